The highest BCUT2D eigenvalue weighted by atomic mass is 32.2. The first kappa shape index (κ1) is 12.3. The van der Waals surface area contributed by atoms with Gasteiger partial charge in [0.05, 0.1) is 11.9 Å². The van der Waals surface area contributed by atoms with Gasteiger partial charge in [0.2, 0.25) is 10.0 Å². The van der Waals surface area contributed by atoms with Gasteiger partial charge >= 0.3 is 0 Å². The lowest BCUT2D eigenvalue weighted by Gasteiger charge is -2.36. The monoisotopic (exact) mass is 248 g/mol. The molecule has 2 unspecified atom stereocenters. The van der Waals surface area contributed by atoms with E-state index in [0.29, 0.717) is 19.4 Å². The predicted molar refractivity (Wildman–Crippen MR) is 61.6 cm³/mol. The smallest absolute Gasteiger partial charge is 0.215 e. The van der Waals surface area contributed by atoms with Crippen LogP contribution in [-0.2, 0) is 10.0 Å². The third kappa shape index (κ3) is 2.25. The number of rotatable bonds is 4. The number of fused-ring (bicyclic) bond motifs is 2. The quantitative estimate of drug-likeness (QED) is 0.705. The fraction of sp³-hybridized carbons (Fsp3) is 1.00. The average molecular weight is 248 g/mol. The minimum absolute atomic E-state index is 0.0376. The van der Waals surface area contributed by atoms with Crippen LogP contribution in [0, 0.1) is 0 Å². The van der Waals surface area contributed by atoms with E-state index in [1.54, 1.807) is 11.4 Å². The number of nitrogens with zero attached hydrogens (tertiary/aromatic N) is 1. The molecule has 0 aromatic carbocycles. The average Bonchev–Trinajstić information content (AvgIpc) is 2.50. The largest absolute Gasteiger partial charge is 0.393 e. The van der Waals surface area contributed by atoms with E-state index in [9.17, 15) is 13.5 Å². The lowest BCUT2D eigenvalue weighted by atomic mass is 10.0. The van der Waals surface area contributed by atoms with E-state index >= 15 is 0 Å². The molecule has 2 heterocycles. The fourth-order valence-electron chi connectivity index (χ4n) is 2.90. The van der Waals surface area contributed by atoms with E-state index in [-0.39, 0.29) is 23.9 Å². The maximum absolute atomic E-state index is 12.1. The van der Waals surface area contributed by atoms with Crippen molar-refractivity contribution < 1.29 is 13.5 Å². The minimum atomic E-state index is -3.15. The summed E-state index contributed by atoms with van der Waals surface area (Å²) in [6.07, 6.45) is 2.71. The maximum Gasteiger partial charge on any atom is 0.215 e. The summed E-state index contributed by atoms with van der Waals surface area (Å²) in [5, 5.41) is 12.5. The second kappa shape index (κ2) is 4.60. The molecule has 16 heavy (non-hydrogen) atoms. The Kier molecular flexibility index (Phi) is 3.53. The van der Waals surface area contributed by atoms with Gasteiger partial charge in [-0.1, -0.05) is 0 Å². The Balaban J connectivity index is 2.10. The van der Waals surface area contributed by atoms with Crippen LogP contribution in [0.15, 0.2) is 0 Å². The molecule has 2 N–H and O–H groups in total. The summed E-state index contributed by atoms with van der Waals surface area (Å²) in [4.78, 5) is 0. The van der Waals surface area contributed by atoms with Crippen LogP contribution in [0.3, 0.4) is 0 Å². The van der Waals surface area contributed by atoms with E-state index < -0.39 is 10.0 Å². The zero-order valence-electron chi connectivity index (χ0n) is 9.59. The highest BCUT2D eigenvalue weighted by molar-refractivity contribution is 7.89. The van der Waals surface area contributed by atoms with Gasteiger partial charge < -0.3 is 10.4 Å². The molecule has 2 atom stereocenters. The van der Waals surface area contributed by atoms with Gasteiger partial charge in [0, 0.05) is 18.6 Å². The molecular formula is C10H20N2O3S. The van der Waals surface area contributed by atoms with Gasteiger partial charge in [-0.15, -0.1) is 0 Å². The van der Waals surface area contributed by atoms with Crippen molar-refractivity contribution >= 4 is 10.0 Å². The zero-order chi connectivity index (χ0) is 11.8. The number of hydrogen-bond acceptors (Lipinski definition) is 4. The first-order valence-corrected chi connectivity index (χ1v) is 7.49. The topological polar surface area (TPSA) is 69.6 Å². The van der Waals surface area contributed by atoms with E-state index in [0.717, 1.165) is 12.8 Å². The standard InChI is InChI=1S/C10H20N2O3S/c1-11-4-5-16(14,15)12-8-2-3-9(12)7-10(13)6-8/h8-11,13H,2-7H2,1H3. The normalized spacial score (nSPS) is 35.5. The van der Waals surface area contributed by atoms with Crippen molar-refractivity contribution in [2.45, 2.75) is 43.9 Å². The van der Waals surface area contributed by atoms with E-state index in [2.05, 4.69) is 5.32 Å². The van der Waals surface area contributed by atoms with Crippen LogP contribution in [0.4, 0.5) is 0 Å². The van der Waals surface area contributed by atoms with Crippen LogP contribution >= 0.6 is 0 Å². The molecule has 0 spiro atoms. The Morgan fingerprint density at radius 2 is 1.88 bits per heavy atom. The molecule has 5 nitrogen and oxygen atoms in total. The van der Waals surface area contributed by atoms with Crippen molar-refractivity contribution in [3.63, 3.8) is 0 Å². The minimum Gasteiger partial charge on any atom is -0.393 e. The molecule has 0 radical (unpaired) electrons. The third-order valence-electron chi connectivity index (χ3n) is 3.57. The summed E-state index contributed by atoms with van der Waals surface area (Å²) < 4.78 is 25.9. The second-order valence-corrected chi connectivity index (χ2v) is 6.75. The summed E-state index contributed by atoms with van der Waals surface area (Å²) in [6, 6.07) is 0.0752. The van der Waals surface area contributed by atoms with Crippen LogP contribution in [-0.4, -0.2) is 55.4 Å². The van der Waals surface area contributed by atoms with Gasteiger partial charge in [-0.3, -0.25) is 0 Å². The van der Waals surface area contributed by atoms with E-state index in [1.807, 2.05) is 0 Å². The Labute approximate surface area is 96.9 Å². The van der Waals surface area contributed by atoms with Gasteiger partial charge in [-0.05, 0) is 32.7 Å². The highest BCUT2D eigenvalue weighted by Crippen LogP contribution is 2.37. The maximum atomic E-state index is 12.1. The van der Waals surface area contributed by atoms with Gasteiger partial charge in [-0.25, -0.2) is 8.42 Å². The molecule has 0 aromatic heterocycles. The third-order valence-corrected chi connectivity index (χ3v) is 5.53. The Morgan fingerprint density at radius 1 is 1.31 bits per heavy atom. The molecule has 2 aliphatic rings. The van der Waals surface area contributed by atoms with E-state index in [1.165, 1.54) is 0 Å². The van der Waals surface area contributed by atoms with Gasteiger partial charge in [0.15, 0.2) is 0 Å². The summed E-state index contributed by atoms with van der Waals surface area (Å²) in [7, 11) is -1.39. The molecular weight excluding hydrogens is 228 g/mol. The number of aliphatic hydroxyl groups excluding tert-OH is 1. The zero-order valence-corrected chi connectivity index (χ0v) is 10.4. The van der Waals surface area contributed by atoms with Crippen LogP contribution < -0.4 is 5.32 Å². The van der Waals surface area contributed by atoms with Crippen LogP contribution in [0.5, 0.6) is 0 Å². The van der Waals surface area contributed by atoms with Gasteiger partial charge in [0.1, 0.15) is 0 Å². The lowest BCUT2D eigenvalue weighted by molar-refractivity contribution is 0.0769. The predicted octanol–water partition coefficient (Wildman–Crippen LogP) is -0.477. The second-order valence-electron chi connectivity index (χ2n) is 4.76. The van der Waals surface area contributed by atoms with Crippen molar-refractivity contribution in [1.29, 1.82) is 0 Å². The molecule has 2 rings (SSSR count). The first-order valence-electron chi connectivity index (χ1n) is 5.88. The molecule has 2 aliphatic heterocycles. The van der Waals surface area contributed by atoms with Crippen molar-refractivity contribution in [2.24, 2.45) is 0 Å². The SMILES string of the molecule is CNCCS(=O)(=O)N1C2CCC1CC(O)C2. The lowest BCUT2D eigenvalue weighted by Crippen LogP contribution is -2.49. The number of piperidine rings is 1. The number of aliphatic hydroxyl groups is 1. The van der Waals surface area contributed by atoms with Crippen molar-refractivity contribution in [2.75, 3.05) is 19.3 Å². The summed E-state index contributed by atoms with van der Waals surface area (Å²) in [6.45, 7) is 0.487. The Hall–Kier alpha value is -0.170. The molecule has 0 aromatic rings. The van der Waals surface area contributed by atoms with Gasteiger partial charge in [-0.2, -0.15) is 4.31 Å². The number of sulfonamides is 1. The number of hydrogen-bond donors (Lipinski definition) is 2. The molecule has 2 saturated heterocycles. The van der Waals surface area contributed by atoms with Crippen molar-refractivity contribution in [3.8, 4) is 0 Å². The Morgan fingerprint density at radius 3 is 2.38 bits per heavy atom. The van der Waals surface area contributed by atoms with Crippen LogP contribution in [0.2, 0.25) is 0 Å². The summed E-state index contributed by atoms with van der Waals surface area (Å²) in [5.74, 6) is 0.159. The summed E-state index contributed by atoms with van der Waals surface area (Å²) >= 11 is 0. The van der Waals surface area contributed by atoms with Crippen LogP contribution in [0.1, 0.15) is 25.7 Å². The molecule has 0 saturated carbocycles. The summed E-state index contributed by atoms with van der Waals surface area (Å²) in [5.41, 5.74) is 0. The molecule has 0 amide bonds. The van der Waals surface area contributed by atoms with Gasteiger partial charge in [0.25, 0.3) is 0 Å². The number of nitrogens with one attached hydrogen (secondary N) is 1. The van der Waals surface area contributed by atoms with Crippen molar-refractivity contribution in [3.05, 3.63) is 0 Å². The molecule has 0 aliphatic carbocycles. The van der Waals surface area contributed by atoms with E-state index in [4.69, 9.17) is 0 Å². The molecule has 6 heteroatoms. The van der Waals surface area contributed by atoms with Crippen LogP contribution in [0.25, 0.3) is 0 Å². The molecule has 94 valence electrons. The molecule has 2 fully saturated rings. The molecule has 2 bridgehead atoms. The van der Waals surface area contributed by atoms with Crippen molar-refractivity contribution in [1.82, 2.24) is 9.62 Å². The highest BCUT2D eigenvalue weighted by Gasteiger charge is 2.45. The first-order chi connectivity index (χ1) is 7.54. The Bertz CT molecular complexity index is 330. The fourth-order valence-corrected chi connectivity index (χ4v) is 4.86.